The topological polar surface area (TPSA) is 81.8 Å². The Morgan fingerprint density at radius 2 is 1.75 bits per heavy atom. The van der Waals surface area contributed by atoms with E-state index in [2.05, 4.69) is 22.4 Å². The smallest absolute Gasteiger partial charge is 0.261 e. The van der Waals surface area contributed by atoms with Gasteiger partial charge in [0.2, 0.25) is 0 Å². The van der Waals surface area contributed by atoms with Crippen LogP contribution in [0.15, 0.2) is 89.9 Å². The molecule has 0 unspecified atom stereocenters. The predicted molar refractivity (Wildman–Crippen MR) is 139 cm³/mol. The first-order chi connectivity index (χ1) is 17.7. The van der Waals surface area contributed by atoms with Crippen LogP contribution in [0.5, 0.6) is 0 Å². The van der Waals surface area contributed by atoms with Crippen LogP contribution in [0.4, 0.5) is 0 Å². The minimum absolute atomic E-state index is 0.0298. The molecule has 0 fully saturated rings. The summed E-state index contributed by atoms with van der Waals surface area (Å²) in [6, 6.07) is 25.2. The Morgan fingerprint density at radius 3 is 2.56 bits per heavy atom. The van der Waals surface area contributed by atoms with Crippen LogP contribution in [0.2, 0.25) is 0 Å². The lowest BCUT2D eigenvalue weighted by atomic mass is 10.1. The van der Waals surface area contributed by atoms with Gasteiger partial charge in [0.15, 0.2) is 0 Å². The van der Waals surface area contributed by atoms with Crippen molar-refractivity contribution in [2.24, 2.45) is 0 Å². The zero-order valence-electron chi connectivity index (χ0n) is 19.7. The maximum atomic E-state index is 13.1. The van der Waals surface area contributed by atoms with E-state index in [-0.39, 0.29) is 11.5 Å². The van der Waals surface area contributed by atoms with Gasteiger partial charge in [-0.05, 0) is 30.2 Å². The van der Waals surface area contributed by atoms with E-state index in [4.69, 9.17) is 5.10 Å². The molecule has 7 nitrogen and oxygen atoms in total. The molecule has 0 atom stereocenters. The SMILES string of the molecule is O=C(NCc1cn(Cc2ccccc2)nc1-c1ccccc1)c1ccc2c(=O)n3c(nc2c1)CCC3. The summed E-state index contributed by atoms with van der Waals surface area (Å²) in [5.41, 5.74) is 4.95. The fourth-order valence-electron chi connectivity index (χ4n) is 4.79. The molecule has 0 aliphatic carbocycles. The summed E-state index contributed by atoms with van der Waals surface area (Å²) in [4.78, 5) is 30.5. The van der Waals surface area contributed by atoms with Gasteiger partial charge in [0.25, 0.3) is 11.5 Å². The van der Waals surface area contributed by atoms with Crippen molar-refractivity contribution in [3.05, 3.63) is 118 Å². The second-order valence-corrected chi connectivity index (χ2v) is 9.06. The van der Waals surface area contributed by atoms with E-state index in [0.717, 1.165) is 41.1 Å². The van der Waals surface area contributed by atoms with E-state index in [9.17, 15) is 9.59 Å². The highest BCUT2D eigenvalue weighted by molar-refractivity contribution is 5.97. The van der Waals surface area contributed by atoms with Gasteiger partial charge in [0, 0.05) is 42.4 Å². The van der Waals surface area contributed by atoms with Crippen molar-refractivity contribution in [3.63, 3.8) is 0 Å². The summed E-state index contributed by atoms with van der Waals surface area (Å²) in [6.45, 7) is 1.68. The summed E-state index contributed by atoms with van der Waals surface area (Å²) >= 11 is 0. The van der Waals surface area contributed by atoms with Crippen molar-refractivity contribution in [1.82, 2.24) is 24.6 Å². The zero-order valence-corrected chi connectivity index (χ0v) is 19.7. The van der Waals surface area contributed by atoms with E-state index < -0.39 is 0 Å². The zero-order chi connectivity index (χ0) is 24.5. The molecule has 36 heavy (non-hydrogen) atoms. The van der Waals surface area contributed by atoms with Gasteiger partial charge in [0.05, 0.1) is 23.1 Å². The van der Waals surface area contributed by atoms with Crippen molar-refractivity contribution < 1.29 is 4.79 Å². The number of aromatic nitrogens is 4. The number of nitrogens with one attached hydrogen (secondary N) is 1. The number of nitrogens with zero attached hydrogens (tertiary/aromatic N) is 4. The van der Waals surface area contributed by atoms with Crippen LogP contribution in [0.25, 0.3) is 22.2 Å². The first-order valence-corrected chi connectivity index (χ1v) is 12.1. The van der Waals surface area contributed by atoms with E-state index in [0.29, 0.717) is 36.1 Å². The third-order valence-corrected chi connectivity index (χ3v) is 6.59. The number of amides is 1. The van der Waals surface area contributed by atoms with Crippen LogP contribution in [0, 0.1) is 0 Å². The Bertz CT molecular complexity index is 1620. The molecule has 0 spiro atoms. The molecule has 3 aromatic carbocycles. The second-order valence-electron chi connectivity index (χ2n) is 9.06. The monoisotopic (exact) mass is 475 g/mol. The lowest BCUT2D eigenvalue weighted by Gasteiger charge is -2.08. The summed E-state index contributed by atoms with van der Waals surface area (Å²) < 4.78 is 3.65. The van der Waals surface area contributed by atoms with Crippen LogP contribution < -0.4 is 10.9 Å². The van der Waals surface area contributed by atoms with Gasteiger partial charge in [0.1, 0.15) is 5.82 Å². The Morgan fingerprint density at radius 1 is 0.972 bits per heavy atom. The van der Waals surface area contributed by atoms with Crippen molar-refractivity contribution >= 4 is 16.8 Å². The van der Waals surface area contributed by atoms with Gasteiger partial charge in [-0.25, -0.2) is 4.98 Å². The van der Waals surface area contributed by atoms with Crippen LogP contribution in [0.1, 0.15) is 33.7 Å². The molecule has 7 heteroatoms. The summed E-state index contributed by atoms with van der Waals surface area (Å²) in [7, 11) is 0. The number of carbonyl (C=O) groups is 1. The minimum Gasteiger partial charge on any atom is -0.348 e. The quantitative estimate of drug-likeness (QED) is 0.399. The first kappa shape index (κ1) is 22.0. The lowest BCUT2D eigenvalue weighted by molar-refractivity contribution is 0.0951. The molecule has 0 radical (unpaired) electrons. The maximum absolute atomic E-state index is 13.1. The van der Waals surface area contributed by atoms with Crippen molar-refractivity contribution in [3.8, 4) is 11.3 Å². The van der Waals surface area contributed by atoms with E-state index in [1.807, 2.05) is 59.4 Å². The van der Waals surface area contributed by atoms with Crippen molar-refractivity contribution in [2.75, 3.05) is 0 Å². The number of aryl methyl sites for hydroxylation is 1. The van der Waals surface area contributed by atoms with Gasteiger partial charge in [-0.1, -0.05) is 60.7 Å². The predicted octanol–water partition coefficient (Wildman–Crippen LogP) is 4.18. The van der Waals surface area contributed by atoms with Crippen LogP contribution in [-0.2, 0) is 26.1 Å². The summed E-state index contributed by atoms with van der Waals surface area (Å²) in [5.74, 6) is 0.581. The normalized spacial score (nSPS) is 12.6. The molecule has 1 amide bonds. The molecule has 1 aliphatic rings. The number of rotatable bonds is 6. The average molecular weight is 476 g/mol. The fourth-order valence-corrected chi connectivity index (χ4v) is 4.79. The van der Waals surface area contributed by atoms with Crippen LogP contribution >= 0.6 is 0 Å². The first-order valence-electron chi connectivity index (χ1n) is 12.1. The highest BCUT2D eigenvalue weighted by atomic mass is 16.1. The highest BCUT2D eigenvalue weighted by Gasteiger charge is 2.18. The van der Waals surface area contributed by atoms with E-state index in [1.165, 1.54) is 0 Å². The van der Waals surface area contributed by atoms with Crippen molar-refractivity contribution in [1.29, 1.82) is 0 Å². The Hall–Kier alpha value is -4.52. The van der Waals surface area contributed by atoms with Crippen molar-refractivity contribution in [2.45, 2.75) is 32.5 Å². The third kappa shape index (κ3) is 4.20. The highest BCUT2D eigenvalue weighted by Crippen LogP contribution is 2.23. The second kappa shape index (κ2) is 9.26. The molecule has 0 saturated carbocycles. The number of benzene rings is 3. The molecule has 2 aromatic heterocycles. The molecular weight excluding hydrogens is 450 g/mol. The Labute approximate surface area is 208 Å². The molecule has 5 aromatic rings. The summed E-state index contributed by atoms with van der Waals surface area (Å²) in [5, 5.41) is 8.41. The van der Waals surface area contributed by atoms with E-state index in [1.54, 1.807) is 22.8 Å². The van der Waals surface area contributed by atoms with E-state index >= 15 is 0 Å². The molecule has 0 saturated heterocycles. The van der Waals surface area contributed by atoms with Gasteiger partial charge >= 0.3 is 0 Å². The average Bonchev–Trinajstić information content (AvgIpc) is 3.55. The van der Waals surface area contributed by atoms with Gasteiger partial charge in [-0.15, -0.1) is 0 Å². The molecule has 178 valence electrons. The molecule has 1 N–H and O–H groups in total. The number of fused-ring (bicyclic) bond motifs is 2. The van der Waals surface area contributed by atoms with Gasteiger partial charge < -0.3 is 5.32 Å². The van der Waals surface area contributed by atoms with Crippen LogP contribution in [0.3, 0.4) is 0 Å². The maximum Gasteiger partial charge on any atom is 0.261 e. The number of hydrogen-bond donors (Lipinski definition) is 1. The summed E-state index contributed by atoms with van der Waals surface area (Å²) in [6.07, 6.45) is 3.70. The minimum atomic E-state index is -0.214. The Kier molecular flexibility index (Phi) is 5.65. The third-order valence-electron chi connectivity index (χ3n) is 6.59. The molecule has 1 aliphatic heterocycles. The molecule has 6 rings (SSSR count). The molecular formula is C29H25N5O2. The largest absolute Gasteiger partial charge is 0.348 e. The van der Waals surface area contributed by atoms with Crippen LogP contribution in [-0.4, -0.2) is 25.2 Å². The van der Waals surface area contributed by atoms with Gasteiger partial charge in [-0.3, -0.25) is 18.8 Å². The Balaban J connectivity index is 1.26. The number of hydrogen-bond acceptors (Lipinski definition) is 4. The fraction of sp³-hybridized carbons (Fsp3) is 0.172. The standard InChI is InChI=1S/C29H25N5O2/c35-28(22-13-14-24-25(16-22)31-26-12-7-15-34(26)29(24)36)30-17-23-19-33(18-20-8-3-1-4-9-20)32-27(23)21-10-5-2-6-11-21/h1-6,8-11,13-14,16,19H,7,12,15,17-18H2,(H,30,35). The van der Waals surface area contributed by atoms with Gasteiger partial charge in [-0.2, -0.15) is 5.10 Å². The lowest BCUT2D eigenvalue weighted by Crippen LogP contribution is -2.24. The molecule has 3 heterocycles. The molecule has 0 bridgehead atoms. The number of carbonyl (C=O) groups excluding carboxylic acids is 1.